The van der Waals surface area contributed by atoms with Gasteiger partial charge in [-0.15, -0.1) is 11.3 Å². The molecule has 2 aliphatic rings. The van der Waals surface area contributed by atoms with Gasteiger partial charge in [0.1, 0.15) is 0 Å². The summed E-state index contributed by atoms with van der Waals surface area (Å²) in [7, 11) is 0. The Morgan fingerprint density at radius 1 is 1.15 bits per heavy atom. The van der Waals surface area contributed by atoms with Crippen molar-refractivity contribution >= 4 is 38.2 Å². The second-order valence-corrected chi connectivity index (χ2v) is 8.31. The fraction of sp³-hybridized carbons (Fsp3) is 0.400. The van der Waals surface area contributed by atoms with Crippen molar-refractivity contribution in [2.45, 2.75) is 25.6 Å². The molecule has 2 fully saturated rings. The number of aromatic nitrogens is 1. The molecule has 1 aromatic carbocycles. The third-order valence-corrected chi connectivity index (χ3v) is 6.64. The lowest BCUT2D eigenvalue weighted by Gasteiger charge is -2.37. The van der Waals surface area contributed by atoms with Crippen molar-refractivity contribution in [1.82, 2.24) is 9.88 Å². The van der Waals surface area contributed by atoms with Crippen LogP contribution in [0.1, 0.15) is 28.1 Å². The topological polar surface area (TPSA) is 71.6 Å². The van der Waals surface area contributed by atoms with Crippen LogP contribution >= 0.6 is 11.3 Å². The van der Waals surface area contributed by atoms with E-state index in [1.165, 1.54) is 11.3 Å². The van der Waals surface area contributed by atoms with E-state index in [9.17, 15) is 9.59 Å². The highest BCUT2D eigenvalue weighted by molar-refractivity contribution is 7.21. The molecule has 1 amide bonds. The van der Waals surface area contributed by atoms with Gasteiger partial charge in [0, 0.05) is 41.5 Å². The number of ether oxygens (including phenoxy) is 2. The number of aromatic amines is 1. The second-order valence-electron chi connectivity index (χ2n) is 7.26. The van der Waals surface area contributed by atoms with Gasteiger partial charge < -0.3 is 19.4 Å². The molecule has 5 rings (SSSR count). The number of carbonyl (C=O) groups is 1. The summed E-state index contributed by atoms with van der Waals surface area (Å²) in [6, 6.07) is 7.67. The summed E-state index contributed by atoms with van der Waals surface area (Å²) < 4.78 is 12.3. The van der Waals surface area contributed by atoms with E-state index in [1.54, 1.807) is 6.07 Å². The predicted molar refractivity (Wildman–Crippen MR) is 104 cm³/mol. The standard InChI is InChI=1S/C20H20N2O4S/c1-12-2-3-15-13(10-12)17-14(18(23)21-15)11-16(27-17)19(24)22-6-4-20(5-7-22)25-8-9-26-20/h2-3,10-11H,4-9H2,1H3,(H,21,23). The largest absolute Gasteiger partial charge is 0.347 e. The zero-order chi connectivity index (χ0) is 18.6. The number of hydrogen-bond acceptors (Lipinski definition) is 5. The fourth-order valence-electron chi connectivity index (χ4n) is 4.00. The molecule has 4 heterocycles. The number of piperidine rings is 1. The van der Waals surface area contributed by atoms with E-state index in [0.29, 0.717) is 49.4 Å². The monoisotopic (exact) mass is 384 g/mol. The van der Waals surface area contributed by atoms with Crippen molar-refractivity contribution in [1.29, 1.82) is 0 Å². The number of aryl methyl sites for hydroxylation is 1. The smallest absolute Gasteiger partial charge is 0.263 e. The van der Waals surface area contributed by atoms with Gasteiger partial charge in [-0.25, -0.2) is 0 Å². The van der Waals surface area contributed by atoms with Crippen LogP contribution in [0.5, 0.6) is 0 Å². The molecule has 7 heteroatoms. The SMILES string of the molecule is Cc1ccc2[nH]c(=O)c3cc(C(=O)N4CCC5(CC4)OCCO5)sc3c2c1. The first-order chi connectivity index (χ1) is 13.0. The number of hydrogen-bond donors (Lipinski definition) is 1. The molecule has 1 N–H and O–H groups in total. The van der Waals surface area contributed by atoms with Crippen LogP contribution in [0.3, 0.4) is 0 Å². The Morgan fingerprint density at radius 3 is 2.63 bits per heavy atom. The molecular weight excluding hydrogens is 364 g/mol. The van der Waals surface area contributed by atoms with Crippen molar-refractivity contribution in [2.75, 3.05) is 26.3 Å². The maximum Gasteiger partial charge on any atom is 0.263 e. The van der Waals surface area contributed by atoms with Gasteiger partial charge in [-0.1, -0.05) is 11.6 Å². The molecule has 0 aliphatic carbocycles. The summed E-state index contributed by atoms with van der Waals surface area (Å²) in [6.45, 7) is 4.47. The van der Waals surface area contributed by atoms with Gasteiger partial charge in [0.05, 0.1) is 23.5 Å². The predicted octanol–water partition coefficient (Wildman–Crippen LogP) is 3.03. The van der Waals surface area contributed by atoms with Crippen LogP contribution in [0.15, 0.2) is 29.1 Å². The molecule has 6 nitrogen and oxygen atoms in total. The number of fused-ring (bicyclic) bond motifs is 3. The summed E-state index contributed by atoms with van der Waals surface area (Å²) in [5.74, 6) is -0.522. The third kappa shape index (κ3) is 2.77. The van der Waals surface area contributed by atoms with E-state index < -0.39 is 5.79 Å². The quantitative estimate of drug-likeness (QED) is 0.700. The molecule has 2 aromatic heterocycles. The van der Waals surface area contributed by atoms with Gasteiger partial charge in [0.25, 0.3) is 11.5 Å². The molecule has 1 spiro atoms. The van der Waals surface area contributed by atoms with Crippen LogP contribution in [0.2, 0.25) is 0 Å². The zero-order valence-corrected chi connectivity index (χ0v) is 15.9. The van der Waals surface area contributed by atoms with Crippen molar-refractivity contribution in [2.24, 2.45) is 0 Å². The Bertz CT molecular complexity index is 1100. The molecular formula is C20H20N2O4S. The molecule has 2 saturated heterocycles. The van der Waals surface area contributed by atoms with Gasteiger partial charge in [0.15, 0.2) is 5.79 Å². The summed E-state index contributed by atoms with van der Waals surface area (Å²) in [5.41, 5.74) is 1.77. The van der Waals surface area contributed by atoms with E-state index in [4.69, 9.17) is 9.47 Å². The molecule has 2 aliphatic heterocycles. The lowest BCUT2D eigenvalue weighted by Crippen LogP contribution is -2.47. The van der Waals surface area contributed by atoms with E-state index in [-0.39, 0.29) is 11.5 Å². The molecule has 140 valence electrons. The minimum Gasteiger partial charge on any atom is -0.347 e. The van der Waals surface area contributed by atoms with Crippen molar-refractivity contribution in [3.63, 3.8) is 0 Å². The minimum atomic E-state index is -0.498. The molecule has 0 bridgehead atoms. The Hall–Kier alpha value is -2.22. The van der Waals surface area contributed by atoms with Crippen LogP contribution in [0.25, 0.3) is 21.0 Å². The fourth-order valence-corrected chi connectivity index (χ4v) is 5.16. The molecule has 0 atom stereocenters. The van der Waals surface area contributed by atoms with E-state index in [0.717, 1.165) is 21.2 Å². The number of nitrogens with one attached hydrogen (secondary N) is 1. The first-order valence-electron chi connectivity index (χ1n) is 9.18. The van der Waals surface area contributed by atoms with E-state index in [1.807, 2.05) is 24.0 Å². The van der Waals surface area contributed by atoms with Crippen molar-refractivity contribution < 1.29 is 14.3 Å². The molecule has 0 saturated carbocycles. The summed E-state index contributed by atoms with van der Waals surface area (Å²) in [5, 5.41) is 1.57. The summed E-state index contributed by atoms with van der Waals surface area (Å²) in [4.78, 5) is 30.8. The van der Waals surface area contributed by atoms with Crippen LogP contribution in [-0.2, 0) is 9.47 Å². The highest BCUT2D eigenvalue weighted by atomic mass is 32.1. The first-order valence-corrected chi connectivity index (χ1v) is 10.00. The average molecular weight is 384 g/mol. The Kier molecular flexibility index (Phi) is 3.86. The molecule has 27 heavy (non-hydrogen) atoms. The molecule has 0 radical (unpaired) electrons. The van der Waals surface area contributed by atoms with Gasteiger partial charge in [-0.2, -0.15) is 0 Å². The highest BCUT2D eigenvalue weighted by Gasteiger charge is 2.41. The number of nitrogens with zero attached hydrogens (tertiary/aromatic N) is 1. The zero-order valence-electron chi connectivity index (χ0n) is 15.0. The van der Waals surface area contributed by atoms with Crippen molar-refractivity contribution in [3.8, 4) is 0 Å². The number of likely N-dealkylation sites (tertiary alicyclic amines) is 1. The van der Waals surface area contributed by atoms with Gasteiger partial charge in [-0.3, -0.25) is 9.59 Å². The highest BCUT2D eigenvalue weighted by Crippen LogP contribution is 2.34. The number of thiophene rings is 1. The average Bonchev–Trinajstić information content (AvgIpc) is 3.31. The molecule has 0 unspecified atom stereocenters. The Balaban J connectivity index is 1.49. The second kappa shape index (κ2) is 6.15. The van der Waals surface area contributed by atoms with Crippen LogP contribution < -0.4 is 5.56 Å². The Morgan fingerprint density at radius 2 is 1.89 bits per heavy atom. The summed E-state index contributed by atoms with van der Waals surface area (Å²) in [6.07, 6.45) is 1.37. The maximum absolute atomic E-state index is 13.0. The summed E-state index contributed by atoms with van der Waals surface area (Å²) >= 11 is 1.40. The van der Waals surface area contributed by atoms with Gasteiger partial charge >= 0.3 is 0 Å². The number of amides is 1. The minimum absolute atomic E-state index is 0.0238. The molecule has 3 aromatic rings. The van der Waals surface area contributed by atoms with Crippen molar-refractivity contribution in [3.05, 3.63) is 45.1 Å². The maximum atomic E-state index is 13.0. The Labute approximate surface area is 159 Å². The first kappa shape index (κ1) is 16.9. The lowest BCUT2D eigenvalue weighted by molar-refractivity contribution is -0.181. The number of H-pyrrole nitrogens is 1. The number of benzene rings is 1. The van der Waals surface area contributed by atoms with Crippen LogP contribution in [0, 0.1) is 6.92 Å². The number of rotatable bonds is 1. The number of carbonyl (C=O) groups excluding carboxylic acids is 1. The van der Waals surface area contributed by atoms with Gasteiger partial charge in [0.2, 0.25) is 0 Å². The van der Waals surface area contributed by atoms with E-state index >= 15 is 0 Å². The van der Waals surface area contributed by atoms with Gasteiger partial charge in [-0.05, 0) is 25.1 Å². The number of pyridine rings is 1. The third-order valence-electron chi connectivity index (χ3n) is 5.48. The van der Waals surface area contributed by atoms with Crippen LogP contribution in [0.4, 0.5) is 0 Å². The van der Waals surface area contributed by atoms with Crippen LogP contribution in [-0.4, -0.2) is 47.9 Å². The van der Waals surface area contributed by atoms with E-state index in [2.05, 4.69) is 11.1 Å². The normalized spacial score (nSPS) is 19.4. The lowest BCUT2D eigenvalue weighted by atomic mass is 10.0.